The average molecular weight is 206 g/mol. The summed E-state index contributed by atoms with van der Waals surface area (Å²) in [4.78, 5) is 21.2. The van der Waals surface area contributed by atoms with E-state index < -0.39 is 23.7 Å². The zero-order chi connectivity index (χ0) is 10.9. The smallest absolute Gasteiger partial charge is 0.413 e. The molecule has 0 radical (unpaired) electrons. The number of halogens is 4. The fourth-order valence-corrected chi connectivity index (χ4v) is 0.353. The molecular weight excluding hydrogens is 204 g/mol. The second-order valence-corrected chi connectivity index (χ2v) is 1.86. The van der Waals surface area contributed by atoms with Gasteiger partial charge in [-0.25, -0.2) is 9.59 Å². The van der Waals surface area contributed by atoms with Crippen LogP contribution < -0.4 is 0 Å². The first-order chi connectivity index (χ1) is 5.70. The number of alkyl halides is 3. The molecule has 0 heterocycles. The molecule has 1 unspecified atom stereocenters. The van der Waals surface area contributed by atoms with Crippen LogP contribution in [0, 0.1) is 0 Å². The first-order valence-electron chi connectivity index (χ1n) is 2.53. The molecule has 0 aliphatic carbocycles. The van der Waals surface area contributed by atoms with E-state index in [0.717, 1.165) is 0 Å². The molecule has 0 saturated heterocycles. The van der Waals surface area contributed by atoms with Crippen LogP contribution in [0.15, 0.2) is 0 Å². The maximum absolute atomic E-state index is 12.3. The van der Waals surface area contributed by atoms with Crippen molar-refractivity contribution in [2.45, 2.75) is 11.8 Å². The lowest BCUT2D eigenvalue weighted by Gasteiger charge is -2.21. The van der Waals surface area contributed by atoms with Gasteiger partial charge in [-0.2, -0.15) is 13.2 Å². The number of carboxylic acid groups (broad SMARTS) is 2. The predicted octanol–water partition coefficient (Wildman–Crippen LogP) is 0.358. The van der Waals surface area contributed by atoms with Gasteiger partial charge < -0.3 is 10.2 Å². The summed E-state index contributed by atoms with van der Waals surface area (Å²) in [5.41, 5.74) is 0. The van der Waals surface area contributed by atoms with Gasteiger partial charge in [0.25, 0.3) is 0 Å². The number of rotatable bonds is 4. The average Bonchev–Trinajstić information content (AvgIpc) is 2.01. The number of hydrogen-bond donors (Lipinski definition) is 2. The summed E-state index contributed by atoms with van der Waals surface area (Å²) < 4.78 is 47.7. The van der Waals surface area contributed by atoms with E-state index in [1.807, 2.05) is 4.94 Å². The Hall–Kier alpha value is -1.38. The minimum Gasteiger partial charge on any atom is -0.477 e. The molecule has 13 heavy (non-hydrogen) atoms. The topological polar surface area (TPSA) is 83.8 Å². The van der Waals surface area contributed by atoms with Gasteiger partial charge in [-0.3, -0.25) is 0 Å². The molecule has 0 aliphatic heterocycles. The van der Waals surface area contributed by atoms with E-state index in [2.05, 4.69) is 0 Å². The maximum Gasteiger partial charge on any atom is 0.413 e. The summed E-state index contributed by atoms with van der Waals surface area (Å²) >= 11 is 0. The minimum atomic E-state index is -5.52. The molecule has 0 aliphatic rings. The molecule has 0 amide bonds. The van der Waals surface area contributed by atoms with Crippen LogP contribution in [0.2, 0.25) is 0 Å². The summed E-state index contributed by atoms with van der Waals surface area (Å²) in [6, 6.07) is 0. The van der Waals surface area contributed by atoms with Gasteiger partial charge in [0.05, 0.1) is 0 Å². The maximum atomic E-state index is 12.3. The van der Waals surface area contributed by atoms with Gasteiger partial charge >= 0.3 is 23.7 Å². The van der Waals surface area contributed by atoms with Gasteiger partial charge in [-0.1, -0.05) is 0 Å². The molecule has 2 N–H and O–H groups in total. The Labute approximate surface area is 67.4 Å². The Balaban J connectivity index is 5.19. The molecule has 76 valence electrons. The molecule has 0 aromatic rings. The van der Waals surface area contributed by atoms with E-state index in [1.165, 1.54) is 0 Å². The molecular formula is C4H2F4O5. The Kier molecular flexibility index (Phi) is 2.83. The zero-order valence-electron chi connectivity index (χ0n) is 5.63. The molecule has 0 fully saturated rings. The third kappa shape index (κ3) is 1.54. The second-order valence-electron chi connectivity index (χ2n) is 1.86. The number of aliphatic carboxylic acids is 2. The van der Waals surface area contributed by atoms with Crippen LogP contribution >= 0.6 is 0 Å². The third-order valence-corrected chi connectivity index (χ3v) is 1.05. The molecule has 9 heteroatoms. The predicted molar refractivity (Wildman–Crippen MR) is 26.3 cm³/mol. The molecule has 0 spiro atoms. The first-order valence-corrected chi connectivity index (χ1v) is 2.53. The van der Waals surface area contributed by atoms with Crippen LogP contribution in [0.3, 0.4) is 0 Å². The van der Waals surface area contributed by atoms with Crippen LogP contribution in [0.1, 0.15) is 0 Å². The van der Waals surface area contributed by atoms with Crippen molar-refractivity contribution in [2.24, 2.45) is 0 Å². The van der Waals surface area contributed by atoms with Crippen LogP contribution in [-0.2, 0) is 14.5 Å². The highest BCUT2D eigenvalue weighted by molar-refractivity contribution is 5.88. The van der Waals surface area contributed by atoms with Crippen LogP contribution in [-0.4, -0.2) is 33.9 Å². The van der Waals surface area contributed by atoms with Crippen molar-refractivity contribution in [1.82, 2.24) is 0 Å². The lowest BCUT2D eigenvalue weighted by Crippen LogP contribution is -2.56. The Morgan fingerprint density at radius 2 is 1.46 bits per heavy atom. The molecule has 0 aromatic carbocycles. The van der Waals surface area contributed by atoms with E-state index >= 15 is 0 Å². The molecule has 0 rings (SSSR count). The van der Waals surface area contributed by atoms with Crippen LogP contribution in [0.5, 0.6) is 0 Å². The standard InChI is InChI=1S/C4H2F4O5/c5-3(6,1(9)10)4(7,13-8)2(11)12/h(H,9,10)(H,11,12). The van der Waals surface area contributed by atoms with Crippen molar-refractivity contribution in [3.63, 3.8) is 0 Å². The van der Waals surface area contributed by atoms with E-state index in [4.69, 9.17) is 10.2 Å². The molecule has 1 atom stereocenters. The lowest BCUT2D eigenvalue weighted by molar-refractivity contribution is -0.347. The Morgan fingerprint density at radius 1 is 1.08 bits per heavy atom. The minimum absolute atomic E-state index is 1.83. The summed E-state index contributed by atoms with van der Waals surface area (Å²) in [5, 5.41) is 15.4. The van der Waals surface area contributed by atoms with Crippen LogP contribution in [0.25, 0.3) is 0 Å². The summed E-state index contributed by atoms with van der Waals surface area (Å²) in [5.74, 6) is -17.0. The number of carboxylic acids is 2. The fourth-order valence-electron chi connectivity index (χ4n) is 0.353. The van der Waals surface area contributed by atoms with E-state index in [1.54, 1.807) is 0 Å². The van der Waals surface area contributed by atoms with Gasteiger partial charge in [-0.15, -0.1) is 4.94 Å². The third-order valence-electron chi connectivity index (χ3n) is 1.05. The van der Waals surface area contributed by atoms with Crippen molar-refractivity contribution in [3.8, 4) is 0 Å². The summed E-state index contributed by atoms with van der Waals surface area (Å²) in [6.07, 6.45) is 0. The second kappa shape index (κ2) is 3.17. The molecule has 0 bridgehead atoms. The number of hydrogen-bond acceptors (Lipinski definition) is 3. The summed E-state index contributed by atoms with van der Waals surface area (Å²) in [7, 11) is 0. The zero-order valence-corrected chi connectivity index (χ0v) is 5.63. The van der Waals surface area contributed by atoms with Gasteiger partial charge in [0.1, 0.15) is 0 Å². The van der Waals surface area contributed by atoms with Gasteiger partial charge in [0.15, 0.2) is 0 Å². The van der Waals surface area contributed by atoms with Crippen molar-refractivity contribution >= 4 is 11.9 Å². The quantitative estimate of drug-likeness (QED) is 0.648. The highest BCUT2D eigenvalue weighted by Gasteiger charge is 2.69. The van der Waals surface area contributed by atoms with Crippen molar-refractivity contribution in [1.29, 1.82) is 0 Å². The van der Waals surface area contributed by atoms with Gasteiger partial charge in [0, 0.05) is 0 Å². The van der Waals surface area contributed by atoms with Crippen molar-refractivity contribution in [2.75, 3.05) is 0 Å². The Bertz CT molecular complexity index is 241. The van der Waals surface area contributed by atoms with Crippen molar-refractivity contribution < 1.29 is 42.4 Å². The van der Waals surface area contributed by atoms with Crippen LogP contribution in [0.4, 0.5) is 17.7 Å². The van der Waals surface area contributed by atoms with E-state index in [0.29, 0.717) is 0 Å². The Morgan fingerprint density at radius 3 is 1.54 bits per heavy atom. The van der Waals surface area contributed by atoms with Gasteiger partial charge in [-0.05, 0) is 4.53 Å². The number of carbonyl (C=O) groups is 2. The molecule has 5 nitrogen and oxygen atoms in total. The summed E-state index contributed by atoms with van der Waals surface area (Å²) in [6.45, 7) is 0. The van der Waals surface area contributed by atoms with Gasteiger partial charge in [0.2, 0.25) is 0 Å². The SMILES string of the molecule is O=C(O)C(F)(F)C(F)(OF)C(=O)O. The lowest BCUT2D eigenvalue weighted by atomic mass is 10.1. The first kappa shape index (κ1) is 11.6. The molecule has 0 aromatic heterocycles. The largest absolute Gasteiger partial charge is 0.477 e. The highest BCUT2D eigenvalue weighted by atomic mass is 19.3. The normalized spacial score (nSPS) is 16.3. The fraction of sp³-hybridized carbons (Fsp3) is 0.500. The van der Waals surface area contributed by atoms with E-state index in [9.17, 15) is 27.3 Å². The van der Waals surface area contributed by atoms with E-state index in [-0.39, 0.29) is 0 Å². The van der Waals surface area contributed by atoms with Crippen molar-refractivity contribution in [3.05, 3.63) is 0 Å². The monoisotopic (exact) mass is 206 g/mol. The molecule has 0 saturated carbocycles. The highest BCUT2D eigenvalue weighted by Crippen LogP contribution is 2.34.